The monoisotopic (exact) mass is 367 g/mol. The van der Waals surface area contributed by atoms with Gasteiger partial charge in [-0.15, -0.1) is 11.8 Å². The molecule has 0 bridgehead atoms. The molecule has 3 aromatic rings. The molecule has 0 saturated heterocycles. The number of nitrogens with zero attached hydrogens (tertiary/aromatic N) is 4. The first kappa shape index (κ1) is 18.5. The number of aromatic nitrogens is 4. The van der Waals surface area contributed by atoms with E-state index in [4.69, 9.17) is 0 Å². The van der Waals surface area contributed by atoms with Crippen molar-refractivity contribution in [3.8, 4) is 0 Å². The zero-order valence-electron chi connectivity index (χ0n) is 15.7. The summed E-state index contributed by atoms with van der Waals surface area (Å²) in [6.07, 6.45) is 4.51. The average Bonchev–Trinajstić information content (AvgIpc) is 2.87. The molecule has 6 heteroatoms. The van der Waals surface area contributed by atoms with Crippen LogP contribution in [0.5, 0.6) is 0 Å². The van der Waals surface area contributed by atoms with Crippen molar-refractivity contribution < 1.29 is 0 Å². The van der Waals surface area contributed by atoms with Gasteiger partial charge in [0, 0.05) is 24.5 Å². The number of benzene rings is 1. The summed E-state index contributed by atoms with van der Waals surface area (Å²) in [6.45, 7) is 6.34. The molecule has 1 unspecified atom stereocenters. The van der Waals surface area contributed by atoms with Crippen molar-refractivity contribution in [1.82, 2.24) is 19.7 Å². The van der Waals surface area contributed by atoms with Crippen molar-refractivity contribution in [2.45, 2.75) is 44.0 Å². The van der Waals surface area contributed by atoms with Crippen LogP contribution in [0.3, 0.4) is 0 Å². The lowest BCUT2D eigenvalue weighted by atomic mass is 10.1. The van der Waals surface area contributed by atoms with E-state index in [0.717, 1.165) is 28.7 Å². The standard InChI is InChI=1S/C20H25N5S/c1-14(10-18-15(2)24-25(4)16(18)3)22-19-11-21-12-20(23-19)26-13-17-8-6-5-7-9-17/h5-9,11-12,14H,10,13H2,1-4H3,(H,22,23). The summed E-state index contributed by atoms with van der Waals surface area (Å²) in [5, 5.41) is 8.89. The van der Waals surface area contributed by atoms with Gasteiger partial charge in [-0.25, -0.2) is 4.98 Å². The van der Waals surface area contributed by atoms with Gasteiger partial charge < -0.3 is 5.32 Å². The number of anilines is 1. The zero-order chi connectivity index (χ0) is 18.5. The van der Waals surface area contributed by atoms with Crippen LogP contribution in [0.25, 0.3) is 0 Å². The fraction of sp³-hybridized carbons (Fsp3) is 0.350. The molecule has 5 nitrogen and oxygen atoms in total. The van der Waals surface area contributed by atoms with Gasteiger partial charge >= 0.3 is 0 Å². The van der Waals surface area contributed by atoms with E-state index in [9.17, 15) is 0 Å². The summed E-state index contributed by atoms with van der Waals surface area (Å²) in [5.41, 5.74) is 4.90. The number of rotatable bonds is 7. The van der Waals surface area contributed by atoms with Crippen LogP contribution < -0.4 is 5.32 Å². The Morgan fingerprint density at radius 1 is 1.15 bits per heavy atom. The second-order valence-electron chi connectivity index (χ2n) is 6.54. The minimum Gasteiger partial charge on any atom is -0.366 e. The summed E-state index contributed by atoms with van der Waals surface area (Å²) in [6, 6.07) is 10.7. The Morgan fingerprint density at radius 3 is 2.62 bits per heavy atom. The molecule has 1 N–H and O–H groups in total. The lowest BCUT2D eigenvalue weighted by Crippen LogP contribution is -2.19. The van der Waals surface area contributed by atoms with Crippen molar-refractivity contribution in [1.29, 1.82) is 0 Å². The van der Waals surface area contributed by atoms with Gasteiger partial charge in [-0.3, -0.25) is 9.67 Å². The van der Waals surface area contributed by atoms with Gasteiger partial charge in [0.15, 0.2) is 0 Å². The molecule has 0 aliphatic heterocycles. The van der Waals surface area contributed by atoms with E-state index < -0.39 is 0 Å². The fourth-order valence-electron chi connectivity index (χ4n) is 2.94. The Hall–Kier alpha value is -2.34. The molecule has 0 radical (unpaired) electrons. The molecule has 0 aliphatic rings. The molecular weight excluding hydrogens is 342 g/mol. The summed E-state index contributed by atoms with van der Waals surface area (Å²) in [4.78, 5) is 9.02. The zero-order valence-corrected chi connectivity index (χ0v) is 16.5. The number of aryl methyl sites for hydroxylation is 2. The second kappa shape index (κ2) is 8.36. The maximum atomic E-state index is 4.69. The van der Waals surface area contributed by atoms with Crippen LogP contribution >= 0.6 is 11.8 Å². The molecule has 3 rings (SSSR count). The molecule has 0 spiro atoms. The fourth-order valence-corrected chi connectivity index (χ4v) is 3.75. The third-order valence-electron chi connectivity index (χ3n) is 4.41. The van der Waals surface area contributed by atoms with E-state index in [0.29, 0.717) is 0 Å². The van der Waals surface area contributed by atoms with Crippen molar-refractivity contribution in [2.75, 3.05) is 5.32 Å². The maximum Gasteiger partial charge on any atom is 0.146 e. The van der Waals surface area contributed by atoms with Gasteiger partial charge in [0.1, 0.15) is 10.8 Å². The lowest BCUT2D eigenvalue weighted by Gasteiger charge is -2.15. The molecule has 0 fully saturated rings. The SMILES string of the molecule is Cc1nn(C)c(C)c1CC(C)Nc1cncc(SCc2ccccc2)n1. The van der Waals surface area contributed by atoms with Crippen LogP contribution in [-0.2, 0) is 19.2 Å². The molecule has 2 aromatic heterocycles. The molecule has 2 heterocycles. The summed E-state index contributed by atoms with van der Waals surface area (Å²) < 4.78 is 1.94. The van der Waals surface area contributed by atoms with Gasteiger partial charge in [0.2, 0.25) is 0 Å². The first-order chi connectivity index (χ1) is 12.5. The minimum atomic E-state index is 0.250. The Kier molecular flexibility index (Phi) is 5.93. The van der Waals surface area contributed by atoms with Crippen LogP contribution in [0, 0.1) is 13.8 Å². The molecule has 0 saturated carbocycles. The lowest BCUT2D eigenvalue weighted by molar-refractivity contribution is 0.726. The van der Waals surface area contributed by atoms with Gasteiger partial charge in [0.05, 0.1) is 18.1 Å². The Bertz CT molecular complexity index is 860. The highest BCUT2D eigenvalue weighted by Gasteiger charge is 2.13. The topological polar surface area (TPSA) is 55.6 Å². The van der Waals surface area contributed by atoms with E-state index in [-0.39, 0.29) is 6.04 Å². The van der Waals surface area contributed by atoms with Crippen molar-refractivity contribution >= 4 is 17.6 Å². The number of thioether (sulfide) groups is 1. The van der Waals surface area contributed by atoms with E-state index in [1.807, 2.05) is 24.0 Å². The van der Waals surface area contributed by atoms with Crippen molar-refractivity contribution in [3.05, 3.63) is 65.2 Å². The van der Waals surface area contributed by atoms with Crippen LogP contribution in [0.1, 0.15) is 29.4 Å². The van der Waals surface area contributed by atoms with E-state index >= 15 is 0 Å². The first-order valence-electron chi connectivity index (χ1n) is 8.77. The van der Waals surface area contributed by atoms with E-state index in [1.165, 1.54) is 16.8 Å². The normalized spacial score (nSPS) is 12.2. The molecule has 0 amide bonds. The summed E-state index contributed by atoms with van der Waals surface area (Å²) in [5.74, 6) is 1.71. The Morgan fingerprint density at radius 2 is 1.92 bits per heavy atom. The molecule has 1 aromatic carbocycles. The number of nitrogens with one attached hydrogen (secondary N) is 1. The third-order valence-corrected chi connectivity index (χ3v) is 5.38. The van der Waals surface area contributed by atoms with Crippen LogP contribution in [0.15, 0.2) is 47.8 Å². The van der Waals surface area contributed by atoms with Gasteiger partial charge in [-0.2, -0.15) is 5.10 Å². The summed E-state index contributed by atoms with van der Waals surface area (Å²) in [7, 11) is 1.99. The predicted molar refractivity (Wildman–Crippen MR) is 108 cm³/mol. The predicted octanol–water partition coefficient (Wildman–Crippen LogP) is 4.16. The van der Waals surface area contributed by atoms with Crippen molar-refractivity contribution in [3.63, 3.8) is 0 Å². The second-order valence-corrected chi connectivity index (χ2v) is 7.53. The smallest absolute Gasteiger partial charge is 0.146 e. The number of hydrogen-bond acceptors (Lipinski definition) is 5. The highest BCUT2D eigenvalue weighted by molar-refractivity contribution is 7.98. The van der Waals surface area contributed by atoms with Crippen LogP contribution in [0.2, 0.25) is 0 Å². The number of hydrogen-bond donors (Lipinski definition) is 1. The Labute approximate surface area is 159 Å². The van der Waals surface area contributed by atoms with Gasteiger partial charge in [-0.1, -0.05) is 30.3 Å². The molecular formula is C20H25N5S. The average molecular weight is 368 g/mol. The minimum absolute atomic E-state index is 0.250. The highest BCUT2D eigenvalue weighted by atomic mass is 32.2. The largest absolute Gasteiger partial charge is 0.366 e. The molecule has 0 aliphatic carbocycles. The molecule has 26 heavy (non-hydrogen) atoms. The first-order valence-corrected chi connectivity index (χ1v) is 9.76. The maximum absolute atomic E-state index is 4.69. The van der Waals surface area contributed by atoms with Crippen LogP contribution in [-0.4, -0.2) is 25.8 Å². The quantitative estimate of drug-likeness (QED) is 0.636. The summed E-state index contributed by atoms with van der Waals surface area (Å²) >= 11 is 1.70. The van der Waals surface area contributed by atoms with E-state index in [1.54, 1.807) is 18.0 Å². The van der Waals surface area contributed by atoms with Crippen LogP contribution in [0.4, 0.5) is 5.82 Å². The highest BCUT2D eigenvalue weighted by Crippen LogP contribution is 2.22. The van der Waals surface area contributed by atoms with Crippen molar-refractivity contribution in [2.24, 2.45) is 7.05 Å². The van der Waals surface area contributed by atoms with Gasteiger partial charge in [0.25, 0.3) is 0 Å². The van der Waals surface area contributed by atoms with E-state index in [2.05, 4.69) is 65.4 Å². The Balaban J connectivity index is 1.61. The van der Waals surface area contributed by atoms with Gasteiger partial charge in [-0.05, 0) is 38.3 Å². The molecule has 136 valence electrons. The third kappa shape index (κ3) is 4.64. The molecule has 1 atom stereocenters.